The summed E-state index contributed by atoms with van der Waals surface area (Å²) in [6.45, 7) is 1.17. The number of nitrogens with zero attached hydrogens (tertiary/aromatic N) is 1. The molecule has 0 spiro atoms. The Hall–Kier alpha value is -1.09. The summed E-state index contributed by atoms with van der Waals surface area (Å²) >= 11 is 0. The van der Waals surface area contributed by atoms with Crippen LogP contribution >= 0.6 is 0 Å². The summed E-state index contributed by atoms with van der Waals surface area (Å²) in [5.41, 5.74) is 0. The standard InChI is InChI=1S/C11H14N2O/c1-2-4-12-11(3-1)14-10-6-8-5-9(10)13-7-8/h1-4,8-10,13H,5-7H2/t8-,9+,10-/m1/s1. The van der Waals surface area contributed by atoms with E-state index >= 15 is 0 Å². The van der Waals surface area contributed by atoms with Crippen molar-refractivity contribution < 1.29 is 4.74 Å². The van der Waals surface area contributed by atoms with Gasteiger partial charge in [0.2, 0.25) is 5.88 Å². The maximum Gasteiger partial charge on any atom is 0.213 e. The number of fused-ring (bicyclic) bond motifs is 2. The number of pyridine rings is 1. The van der Waals surface area contributed by atoms with Crippen molar-refractivity contribution in [1.29, 1.82) is 0 Å². The Bertz CT molecular complexity index is 314. The van der Waals surface area contributed by atoms with Crippen molar-refractivity contribution in [3.63, 3.8) is 0 Å². The molecule has 14 heavy (non-hydrogen) atoms. The number of hydrogen-bond donors (Lipinski definition) is 1. The van der Waals surface area contributed by atoms with E-state index in [2.05, 4.69) is 10.3 Å². The first-order valence-corrected chi connectivity index (χ1v) is 5.23. The summed E-state index contributed by atoms with van der Waals surface area (Å²) in [5, 5.41) is 3.47. The molecule has 3 atom stereocenters. The lowest BCUT2D eigenvalue weighted by atomic mass is 10.1. The normalized spacial score (nSPS) is 34.7. The van der Waals surface area contributed by atoms with E-state index in [1.807, 2.05) is 18.2 Å². The molecule has 2 heterocycles. The second kappa shape index (κ2) is 3.24. The Labute approximate surface area is 83.5 Å². The first kappa shape index (κ1) is 8.24. The molecule has 0 unspecified atom stereocenters. The molecule has 1 saturated carbocycles. The van der Waals surface area contributed by atoms with Crippen LogP contribution in [0.5, 0.6) is 5.88 Å². The maximum absolute atomic E-state index is 5.84. The SMILES string of the molecule is c1ccc(O[C@@H]2C[C@@H]3CN[C@H]2C3)nc1. The van der Waals surface area contributed by atoms with Crippen LogP contribution in [0.4, 0.5) is 0 Å². The highest BCUT2D eigenvalue weighted by Gasteiger charge is 2.40. The lowest BCUT2D eigenvalue weighted by Gasteiger charge is -2.23. The van der Waals surface area contributed by atoms with Crippen LogP contribution in [0.1, 0.15) is 12.8 Å². The minimum atomic E-state index is 0.337. The van der Waals surface area contributed by atoms with Crippen molar-refractivity contribution in [1.82, 2.24) is 10.3 Å². The smallest absolute Gasteiger partial charge is 0.213 e. The van der Waals surface area contributed by atoms with E-state index < -0.39 is 0 Å². The highest BCUT2D eigenvalue weighted by molar-refractivity contribution is 5.11. The predicted octanol–water partition coefficient (Wildman–Crippen LogP) is 1.21. The van der Waals surface area contributed by atoms with E-state index in [9.17, 15) is 0 Å². The van der Waals surface area contributed by atoms with Crippen LogP contribution < -0.4 is 10.1 Å². The third-order valence-electron chi connectivity index (χ3n) is 3.18. The second-order valence-electron chi connectivity index (χ2n) is 4.18. The highest BCUT2D eigenvalue weighted by Crippen LogP contribution is 2.33. The summed E-state index contributed by atoms with van der Waals surface area (Å²) < 4.78 is 5.84. The van der Waals surface area contributed by atoms with E-state index in [1.165, 1.54) is 19.4 Å². The zero-order valence-corrected chi connectivity index (χ0v) is 8.02. The molecule has 2 bridgehead atoms. The zero-order valence-electron chi connectivity index (χ0n) is 8.02. The van der Waals surface area contributed by atoms with Gasteiger partial charge in [0.05, 0.1) is 0 Å². The fraction of sp³-hybridized carbons (Fsp3) is 0.545. The fourth-order valence-electron chi connectivity index (χ4n) is 2.50. The molecule has 1 aromatic rings. The first-order valence-electron chi connectivity index (χ1n) is 5.23. The van der Waals surface area contributed by atoms with E-state index in [-0.39, 0.29) is 0 Å². The largest absolute Gasteiger partial charge is 0.473 e. The number of hydrogen-bond acceptors (Lipinski definition) is 3. The Balaban J connectivity index is 1.69. The average molecular weight is 190 g/mol. The number of nitrogens with one attached hydrogen (secondary N) is 1. The highest BCUT2D eigenvalue weighted by atomic mass is 16.5. The van der Waals surface area contributed by atoms with Crippen molar-refractivity contribution in [2.45, 2.75) is 25.0 Å². The van der Waals surface area contributed by atoms with Gasteiger partial charge < -0.3 is 10.1 Å². The van der Waals surface area contributed by atoms with Crippen LogP contribution in [-0.4, -0.2) is 23.7 Å². The molecule has 1 saturated heterocycles. The van der Waals surface area contributed by atoms with Gasteiger partial charge in [0, 0.05) is 18.3 Å². The third-order valence-corrected chi connectivity index (χ3v) is 3.18. The third kappa shape index (κ3) is 1.38. The van der Waals surface area contributed by atoms with Gasteiger partial charge in [-0.1, -0.05) is 6.07 Å². The van der Waals surface area contributed by atoms with Gasteiger partial charge in [-0.25, -0.2) is 4.98 Å². The molecule has 3 rings (SSSR count). The van der Waals surface area contributed by atoms with E-state index in [0.717, 1.165) is 11.8 Å². The summed E-state index contributed by atoms with van der Waals surface area (Å²) in [6, 6.07) is 6.35. The van der Waals surface area contributed by atoms with E-state index in [4.69, 9.17) is 4.74 Å². The average Bonchev–Trinajstić information content (AvgIpc) is 2.81. The summed E-state index contributed by atoms with van der Waals surface area (Å²) in [5.74, 6) is 1.58. The Morgan fingerprint density at radius 1 is 1.36 bits per heavy atom. The molecule has 74 valence electrons. The van der Waals surface area contributed by atoms with Crippen LogP contribution in [0.3, 0.4) is 0 Å². The predicted molar refractivity (Wildman–Crippen MR) is 53.2 cm³/mol. The molecule has 0 aromatic carbocycles. The van der Waals surface area contributed by atoms with Gasteiger partial charge in [-0.05, 0) is 31.4 Å². The number of ether oxygens (including phenoxy) is 1. The van der Waals surface area contributed by atoms with Crippen molar-refractivity contribution in [3.05, 3.63) is 24.4 Å². The van der Waals surface area contributed by atoms with Crippen LogP contribution in [-0.2, 0) is 0 Å². The van der Waals surface area contributed by atoms with Crippen molar-refractivity contribution in [2.75, 3.05) is 6.54 Å². The van der Waals surface area contributed by atoms with E-state index in [0.29, 0.717) is 12.1 Å². The van der Waals surface area contributed by atoms with Crippen LogP contribution in [0, 0.1) is 5.92 Å². The molecule has 2 fully saturated rings. The van der Waals surface area contributed by atoms with Crippen molar-refractivity contribution >= 4 is 0 Å². The summed E-state index contributed by atoms with van der Waals surface area (Å²) in [4.78, 5) is 4.18. The summed E-state index contributed by atoms with van der Waals surface area (Å²) in [7, 11) is 0. The second-order valence-corrected chi connectivity index (χ2v) is 4.18. The van der Waals surface area contributed by atoms with Gasteiger partial charge in [-0.3, -0.25) is 0 Å². The molecule has 2 aliphatic rings. The van der Waals surface area contributed by atoms with Gasteiger partial charge in [0.15, 0.2) is 0 Å². The molecule has 1 aliphatic heterocycles. The molecule has 0 radical (unpaired) electrons. The minimum Gasteiger partial charge on any atom is -0.473 e. The fourth-order valence-corrected chi connectivity index (χ4v) is 2.50. The maximum atomic E-state index is 5.84. The molecule has 3 heteroatoms. The monoisotopic (exact) mass is 190 g/mol. The minimum absolute atomic E-state index is 0.337. The molecule has 1 aromatic heterocycles. The van der Waals surface area contributed by atoms with Gasteiger partial charge >= 0.3 is 0 Å². The quantitative estimate of drug-likeness (QED) is 0.761. The van der Waals surface area contributed by atoms with E-state index in [1.54, 1.807) is 6.20 Å². The van der Waals surface area contributed by atoms with Crippen LogP contribution in [0.2, 0.25) is 0 Å². The zero-order chi connectivity index (χ0) is 9.38. The van der Waals surface area contributed by atoms with Crippen molar-refractivity contribution in [3.8, 4) is 5.88 Å². The van der Waals surface area contributed by atoms with Crippen molar-refractivity contribution in [2.24, 2.45) is 5.92 Å². The topological polar surface area (TPSA) is 34.1 Å². The molecule has 0 amide bonds. The molecule has 1 N–H and O–H groups in total. The number of rotatable bonds is 2. The van der Waals surface area contributed by atoms with Crippen LogP contribution in [0.15, 0.2) is 24.4 Å². The Kier molecular flexibility index (Phi) is 1.91. The molecular formula is C11H14N2O. The van der Waals surface area contributed by atoms with Gasteiger partial charge in [0.1, 0.15) is 6.10 Å². The van der Waals surface area contributed by atoms with Crippen LogP contribution in [0.25, 0.3) is 0 Å². The molecule has 3 nitrogen and oxygen atoms in total. The van der Waals surface area contributed by atoms with Gasteiger partial charge in [-0.2, -0.15) is 0 Å². The Morgan fingerprint density at radius 3 is 3.00 bits per heavy atom. The lowest BCUT2D eigenvalue weighted by Crippen LogP contribution is -2.40. The van der Waals surface area contributed by atoms with Gasteiger partial charge in [0.25, 0.3) is 0 Å². The summed E-state index contributed by atoms with van der Waals surface area (Å²) in [6.07, 6.45) is 4.57. The lowest BCUT2D eigenvalue weighted by molar-refractivity contribution is 0.152. The first-order chi connectivity index (χ1) is 6.92. The molecule has 1 aliphatic carbocycles. The van der Waals surface area contributed by atoms with Gasteiger partial charge in [-0.15, -0.1) is 0 Å². The number of piperidine rings is 1. The Morgan fingerprint density at radius 2 is 2.36 bits per heavy atom. The molecular weight excluding hydrogens is 176 g/mol. The number of aromatic nitrogens is 1.